The highest BCUT2D eigenvalue weighted by molar-refractivity contribution is 5.93. The molecule has 1 amide bonds. The van der Waals surface area contributed by atoms with Crippen molar-refractivity contribution < 1.29 is 4.79 Å². The van der Waals surface area contributed by atoms with Gasteiger partial charge >= 0.3 is 0 Å². The number of benzene rings is 1. The highest BCUT2D eigenvalue weighted by Gasteiger charge is 2.28. The minimum atomic E-state index is -0.0338. The van der Waals surface area contributed by atoms with Crippen molar-refractivity contribution in [3.05, 3.63) is 42.5 Å². The molecule has 3 aromatic rings. The number of carbonyl (C=O) groups excluding carboxylic acids is 1. The molecule has 0 saturated heterocycles. The standard InChI is InChI=1S/C20H23N5O/c26-19(14-9-10-16-11-21-13-24(16)12-14)23-20-22-17-7-3-4-8-18(17)25(20)15-5-1-2-6-15/h3-4,7-8,11,13-15H,1-2,5-6,9-10,12H2,(H,22,23,26)/t14-/m1/s1. The van der Waals surface area contributed by atoms with Gasteiger partial charge in [-0.05, 0) is 37.8 Å². The number of anilines is 1. The second kappa shape index (κ2) is 6.27. The summed E-state index contributed by atoms with van der Waals surface area (Å²) in [6, 6.07) is 8.61. The molecule has 3 heterocycles. The van der Waals surface area contributed by atoms with Gasteiger partial charge in [0.25, 0.3) is 0 Å². The summed E-state index contributed by atoms with van der Waals surface area (Å²) in [5.74, 6) is 0.743. The molecule has 1 atom stereocenters. The second-order valence-electron chi connectivity index (χ2n) is 7.49. The SMILES string of the molecule is O=C(Nc1nc2ccccc2n1C1CCCC1)[C@@H]1CCc2cncn2C1. The minimum absolute atomic E-state index is 0.0338. The summed E-state index contributed by atoms with van der Waals surface area (Å²) < 4.78 is 4.35. The summed E-state index contributed by atoms with van der Waals surface area (Å²) in [7, 11) is 0. The van der Waals surface area contributed by atoms with Gasteiger partial charge in [0.1, 0.15) is 0 Å². The maximum atomic E-state index is 12.9. The minimum Gasteiger partial charge on any atom is -0.334 e. The van der Waals surface area contributed by atoms with Gasteiger partial charge in [-0.3, -0.25) is 10.1 Å². The van der Waals surface area contributed by atoms with E-state index in [0.717, 1.165) is 36.7 Å². The summed E-state index contributed by atoms with van der Waals surface area (Å²) in [6.07, 6.45) is 10.3. The molecule has 1 aliphatic heterocycles. The zero-order valence-electron chi connectivity index (χ0n) is 14.8. The van der Waals surface area contributed by atoms with Crippen molar-refractivity contribution in [2.24, 2.45) is 5.92 Å². The van der Waals surface area contributed by atoms with Crippen LogP contribution in [0.2, 0.25) is 0 Å². The molecule has 26 heavy (non-hydrogen) atoms. The number of nitrogens with one attached hydrogen (secondary N) is 1. The fourth-order valence-corrected chi connectivity index (χ4v) is 4.46. The molecule has 1 aromatic carbocycles. The van der Waals surface area contributed by atoms with Crippen molar-refractivity contribution in [1.82, 2.24) is 19.1 Å². The largest absolute Gasteiger partial charge is 0.334 e. The molecule has 0 radical (unpaired) electrons. The predicted octanol–water partition coefficient (Wildman–Crippen LogP) is 3.55. The molecule has 1 N–H and O–H groups in total. The van der Waals surface area contributed by atoms with Gasteiger partial charge in [0.15, 0.2) is 0 Å². The molecule has 1 saturated carbocycles. The third-order valence-electron chi connectivity index (χ3n) is 5.86. The molecule has 6 heteroatoms. The highest BCUT2D eigenvalue weighted by atomic mass is 16.2. The summed E-state index contributed by atoms with van der Waals surface area (Å²) in [5.41, 5.74) is 3.29. The molecule has 1 aliphatic carbocycles. The molecule has 134 valence electrons. The van der Waals surface area contributed by atoms with E-state index in [9.17, 15) is 4.79 Å². The average molecular weight is 349 g/mol. The van der Waals surface area contributed by atoms with Crippen LogP contribution < -0.4 is 5.32 Å². The Bertz CT molecular complexity index is 950. The second-order valence-corrected chi connectivity index (χ2v) is 7.49. The Morgan fingerprint density at radius 1 is 1.15 bits per heavy atom. The number of nitrogens with zero attached hydrogens (tertiary/aromatic N) is 4. The first-order valence-corrected chi connectivity index (χ1v) is 9.56. The fourth-order valence-electron chi connectivity index (χ4n) is 4.46. The van der Waals surface area contributed by atoms with Gasteiger partial charge < -0.3 is 9.13 Å². The van der Waals surface area contributed by atoms with Crippen molar-refractivity contribution >= 4 is 22.9 Å². The Labute approximate surface area is 152 Å². The van der Waals surface area contributed by atoms with Crippen molar-refractivity contribution in [2.45, 2.75) is 51.1 Å². The molecule has 2 aliphatic rings. The Kier molecular flexibility index (Phi) is 3.76. The summed E-state index contributed by atoms with van der Waals surface area (Å²) >= 11 is 0. The zero-order valence-corrected chi connectivity index (χ0v) is 14.8. The summed E-state index contributed by atoms with van der Waals surface area (Å²) in [4.78, 5) is 21.9. The molecular weight excluding hydrogens is 326 g/mol. The van der Waals surface area contributed by atoms with Crippen LogP contribution in [0.3, 0.4) is 0 Å². The number of para-hydroxylation sites is 2. The van der Waals surface area contributed by atoms with E-state index >= 15 is 0 Å². The lowest BCUT2D eigenvalue weighted by Crippen LogP contribution is -2.31. The number of hydrogen-bond donors (Lipinski definition) is 1. The summed E-state index contributed by atoms with van der Waals surface area (Å²) in [5, 5.41) is 3.15. The van der Waals surface area contributed by atoms with E-state index in [4.69, 9.17) is 4.98 Å². The molecule has 1 fully saturated rings. The van der Waals surface area contributed by atoms with E-state index in [1.165, 1.54) is 18.5 Å². The van der Waals surface area contributed by atoms with Crippen LogP contribution in [-0.4, -0.2) is 25.0 Å². The first kappa shape index (κ1) is 15.6. The number of amides is 1. The zero-order chi connectivity index (χ0) is 17.5. The van der Waals surface area contributed by atoms with Gasteiger partial charge in [0, 0.05) is 24.5 Å². The molecular formula is C20H23N5O. The monoisotopic (exact) mass is 349 g/mol. The molecule has 2 aromatic heterocycles. The van der Waals surface area contributed by atoms with E-state index in [1.54, 1.807) is 0 Å². The van der Waals surface area contributed by atoms with Crippen molar-refractivity contribution in [3.63, 3.8) is 0 Å². The van der Waals surface area contributed by atoms with Crippen LogP contribution in [0.4, 0.5) is 5.95 Å². The van der Waals surface area contributed by atoms with E-state index < -0.39 is 0 Å². The molecule has 6 nitrogen and oxygen atoms in total. The maximum absolute atomic E-state index is 12.9. The van der Waals surface area contributed by atoms with Gasteiger partial charge in [0.2, 0.25) is 11.9 Å². The first-order valence-electron chi connectivity index (χ1n) is 9.56. The number of aromatic nitrogens is 4. The predicted molar refractivity (Wildman–Crippen MR) is 99.9 cm³/mol. The normalized spacial score (nSPS) is 20.4. The van der Waals surface area contributed by atoms with Crippen LogP contribution >= 0.6 is 0 Å². The van der Waals surface area contributed by atoms with Crippen LogP contribution in [0.5, 0.6) is 0 Å². The Morgan fingerprint density at radius 3 is 2.88 bits per heavy atom. The van der Waals surface area contributed by atoms with E-state index in [2.05, 4.69) is 25.5 Å². The van der Waals surface area contributed by atoms with Crippen LogP contribution in [0.25, 0.3) is 11.0 Å². The van der Waals surface area contributed by atoms with Gasteiger partial charge in [-0.1, -0.05) is 25.0 Å². The first-order chi connectivity index (χ1) is 12.8. The Hall–Kier alpha value is -2.63. The number of hydrogen-bond acceptors (Lipinski definition) is 3. The molecule has 5 rings (SSSR count). The van der Waals surface area contributed by atoms with Crippen LogP contribution in [0.15, 0.2) is 36.8 Å². The molecule has 0 unspecified atom stereocenters. The number of carbonyl (C=O) groups is 1. The fraction of sp³-hybridized carbons (Fsp3) is 0.450. The van der Waals surface area contributed by atoms with Crippen LogP contribution in [0.1, 0.15) is 43.8 Å². The smallest absolute Gasteiger partial charge is 0.231 e. The topological polar surface area (TPSA) is 64.7 Å². The van der Waals surface area contributed by atoms with Crippen molar-refractivity contribution in [1.29, 1.82) is 0 Å². The van der Waals surface area contributed by atoms with Crippen LogP contribution in [0, 0.1) is 5.92 Å². The quantitative estimate of drug-likeness (QED) is 0.786. The number of rotatable bonds is 3. The maximum Gasteiger partial charge on any atom is 0.231 e. The highest BCUT2D eigenvalue weighted by Crippen LogP contribution is 2.35. The van der Waals surface area contributed by atoms with Gasteiger partial charge in [-0.15, -0.1) is 0 Å². The molecule has 0 spiro atoms. The number of fused-ring (bicyclic) bond motifs is 2. The van der Waals surface area contributed by atoms with Gasteiger partial charge in [0.05, 0.1) is 23.3 Å². The third kappa shape index (κ3) is 2.60. The summed E-state index contributed by atoms with van der Waals surface area (Å²) in [6.45, 7) is 0.699. The van der Waals surface area contributed by atoms with E-state index in [1.807, 2.05) is 30.7 Å². The lowest BCUT2D eigenvalue weighted by molar-refractivity contribution is -0.120. The average Bonchev–Trinajstić information content (AvgIpc) is 3.39. The molecule has 0 bridgehead atoms. The Balaban J connectivity index is 1.44. The van der Waals surface area contributed by atoms with Crippen molar-refractivity contribution in [3.8, 4) is 0 Å². The van der Waals surface area contributed by atoms with E-state index in [-0.39, 0.29) is 11.8 Å². The van der Waals surface area contributed by atoms with Crippen molar-refractivity contribution in [2.75, 3.05) is 5.32 Å². The lowest BCUT2D eigenvalue weighted by Gasteiger charge is -2.24. The van der Waals surface area contributed by atoms with Crippen LogP contribution in [-0.2, 0) is 17.8 Å². The number of aryl methyl sites for hydroxylation is 1. The van der Waals surface area contributed by atoms with E-state index in [0.29, 0.717) is 18.5 Å². The lowest BCUT2D eigenvalue weighted by atomic mass is 9.97. The third-order valence-corrected chi connectivity index (χ3v) is 5.86. The number of imidazole rings is 2. The Morgan fingerprint density at radius 2 is 2.00 bits per heavy atom. The van der Waals surface area contributed by atoms with Gasteiger partial charge in [-0.2, -0.15) is 0 Å². The van der Waals surface area contributed by atoms with Gasteiger partial charge in [-0.25, -0.2) is 9.97 Å².